The average Bonchev–Trinajstić information content (AvgIpc) is 3.50. The van der Waals surface area contributed by atoms with E-state index in [-0.39, 0.29) is 11.8 Å². The Morgan fingerprint density at radius 2 is 1.28 bits per heavy atom. The van der Waals surface area contributed by atoms with Gasteiger partial charge in [0.05, 0.1) is 23.3 Å². The number of aromatic hydroxyl groups is 1. The number of phenolic OH excluding ortho intramolecular Hbond substituents is 1. The fourth-order valence-electron chi connectivity index (χ4n) is 5.36. The van der Waals surface area contributed by atoms with E-state index in [4.69, 9.17) is 27.2 Å². The lowest BCUT2D eigenvalue weighted by molar-refractivity contribution is -0.00199. The molecule has 0 radical (unpaired) electrons. The second-order valence-electron chi connectivity index (χ2n) is 12.2. The number of benzene rings is 3. The minimum atomic E-state index is -0.150. The van der Waals surface area contributed by atoms with Crippen LogP contribution in [0.5, 0.6) is 5.75 Å². The van der Waals surface area contributed by atoms with E-state index in [1.807, 2.05) is 38.1 Å². The molecule has 7 nitrogen and oxygen atoms in total. The molecule has 0 atom stereocenters. The number of hydrogen-bond donors (Lipinski definition) is 1. The van der Waals surface area contributed by atoms with Crippen molar-refractivity contribution in [2.24, 2.45) is 0 Å². The number of halogens is 1. The number of phenols is 1. The van der Waals surface area contributed by atoms with Gasteiger partial charge in [-0.05, 0) is 127 Å². The molecule has 0 bridgehead atoms. The molecule has 0 unspecified atom stereocenters. The van der Waals surface area contributed by atoms with Gasteiger partial charge < -0.3 is 5.11 Å². The van der Waals surface area contributed by atoms with Crippen molar-refractivity contribution in [3.8, 4) is 17.9 Å². The van der Waals surface area contributed by atoms with Crippen LogP contribution in [0.2, 0.25) is 5.02 Å². The smallest absolute Gasteiger partial charge is 0.137 e. The summed E-state index contributed by atoms with van der Waals surface area (Å²) in [5.41, 5.74) is 5.85. The first-order chi connectivity index (χ1) is 20.3. The van der Waals surface area contributed by atoms with Gasteiger partial charge in [0, 0.05) is 16.1 Å². The number of nitrogens with zero attached hydrogens (tertiary/aromatic N) is 6. The summed E-state index contributed by atoms with van der Waals surface area (Å²) in [7, 11) is 2.25. The van der Waals surface area contributed by atoms with E-state index in [0.29, 0.717) is 22.2 Å². The number of nitriles is 2. The van der Waals surface area contributed by atoms with Crippen molar-refractivity contribution >= 4 is 11.6 Å². The molecule has 1 aromatic heterocycles. The first-order valence-corrected chi connectivity index (χ1v) is 14.7. The first kappa shape index (κ1) is 33.3. The fourth-order valence-corrected chi connectivity index (χ4v) is 5.47. The Kier molecular flexibility index (Phi) is 11.1. The van der Waals surface area contributed by atoms with Crippen LogP contribution in [0.15, 0.2) is 73.3 Å². The van der Waals surface area contributed by atoms with Crippen LogP contribution >= 0.6 is 11.6 Å². The van der Waals surface area contributed by atoms with Crippen molar-refractivity contribution in [2.75, 3.05) is 7.05 Å². The summed E-state index contributed by atoms with van der Waals surface area (Å²) >= 11 is 5.84. The van der Waals surface area contributed by atoms with Crippen molar-refractivity contribution in [2.45, 2.75) is 77.9 Å². The first-order valence-electron chi connectivity index (χ1n) is 14.3. The molecule has 0 saturated carbocycles. The standard InChI is InChI=1S/C17H11N5.C10H21N.C8H9ClO/c18-9-13-1-5-15(6-2-13)17(22-12-20-11-21-22)16-7-3-14(10-19)4-8-16;1-9(2)7-6-8-10(3,4)11(9)5;1-5-3-7(10)4-6(2)8(5)9/h1-8,11-12,17H;6-8H2,1-5H3;3-4,10H,1-2H3. The molecule has 1 aliphatic rings. The second kappa shape index (κ2) is 14.3. The summed E-state index contributed by atoms with van der Waals surface area (Å²) in [5.74, 6) is 0.277. The van der Waals surface area contributed by atoms with Gasteiger partial charge >= 0.3 is 0 Å². The van der Waals surface area contributed by atoms with Gasteiger partial charge in [-0.15, -0.1) is 0 Å². The third-order valence-corrected chi connectivity index (χ3v) is 8.82. The lowest BCUT2D eigenvalue weighted by Crippen LogP contribution is -2.56. The SMILES string of the molecule is CN1C(C)(C)CCCC1(C)C.Cc1cc(O)cc(C)c1Cl.N#Cc1ccc(C(c2ccc(C#N)cc2)n2cncn2)cc1. The molecule has 4 aromatic rings. The Balaban J connectivity index is 0.000000201. The highest BCUT2D eigenvalue weighted by Gasteiger charge is 2.38. The molecular formula is C35H41ClN6O. The highest BCUT2D eigenvalue weighted by Crippen LogP contribution is 2.36. The summed E-state index contributed by atoms with van der Waals surface area (Å²) in [6.07, 6.45) is 7.20. The van der Waals surface area contributed by atoms with Gasteiger partial charge in [0.25, 0.3) is 0 Å². The van der Waals surface area contributed by atoms with E-state index >= 15 is 0 Å². The van der Waals surface area contributed by atoms with E-state index < -0.39 is 0 Å². The predicted molar refractivity (Wildman–Crippen MR) is 172 cm³/mol. The topological polar surface area (TPSA) is 102 Å². The quantitative estimate of drug-likeness (QED) is 0.257. The Labute approximate surface area is 261 Å². The molecular weight excluding hydrogens is 556 g/mol. The van der Waals surface area contributed by atoms with Crippen LogP contribution < -0.4 is 0 Å². The molecule has 2 heterocycles. The molecule has 3 aromatic carbocycles. The molecule has 0 amide bonds. The number of aromatic nitrogens is 3. The molecule has 8 heteroatoms. The molecule has 1 fully saturated rings. The third kappa shape index (κ3) is 8.67. The molecule has 43 heavy (non-hydrogen) atoms. The van der Waals surface area contributed by atoms with E-state index in [9.17, 15) is 0 Å². The van der Waals surface area contributed by atoms with Gasteiger partial charge in [-0.25, -0.2) is 9.67 Å². The van der Waals surface area contributed by atoms with Gasteiger partial charge in [-0.1, -0.05) is 35.9 Å². The number of piperidine rings is 1. The molecule has 1 aliphatic heterocycles. The number of aryl methyl sites for hydroxylation is 2. The number of hydrogen-bond acceptors (Lipinski definition) is 6. The van der Waals surface area contributed by atoms with Crippen molar-refractivity contribution in [3.05, 3.63) is 112 Å². The molecule has 0 aliphatic carbocycles. The van der Waals surface area contributed by atoms with E-state index in [1.165, 1.54) is 25.6 Å². The maximum absolute atomic E-state index is 9.06. The summed E-state index contributed by atoms with van der Waals surface area (Å²) in [4.78, 5) is 6.53. The number of likely N-dealkylation sites (tertiary alicyclic amines) is 1. The van der Waals surface area contributed by atoms with Crippen molar-refractivity contribution in [3.63, 3.8) is 0 Å². The Bertz CT molecular complexity index is 1470. The van der Waals surface area contributed by atoms with Crippen molar-refractivity contribution in [1.29, 1.82) is 10.5 Å². The van der Waals surface area contributed by atoms with Crippen LogP contribution in [0.3, 0.4) is 0 Å². The van der Waals surface area contributed by atoms with Gasteiger partial charge in [0.15, 0.2) is 0 Å². The van der Waals surface area contributed by atoms with Crippen molar-refractivity contribution < 1.29 is 5.11 Å². The van der Waals surface area contributed by atoms with E-state index in [2.05, 4.69) is 61.9 Å². The van der Waals surface area contributed by atoms with E-state index in [0.717, 1.165) is 27.3 Å². The lowest BCUT2D eigenvalue weighted by atomic mass is 9.80. The third-order valence-electron chi connectivity index (χ3n) is 8.23. The summed E-state index contributed by atoms with van der Waals surface area (Å²) in [5, 5.41) is 31.9. The Morgan fingerprint density at radius 3 is 1.63 bits per heavy atom. The molecule has 224 valence electrons. The highest BCUT2D eigenvalue weighted by atomic mass is 35.5. The Hall–Kier alpha value is -4.17. The Morgan fingerprint density at radius 1 is 0.837 bits per heavy atom. The van der Waals surface area contributed by atoms with Crippen LogP contribution in [0, 0.1) is 36.5 Å². The van der Waals surface area contributed by atoms with Crippen LogP contribution in [0.25, 0.3) is 0 Å². The highest BCUT2D eigenvalue weighted by molar-refractivity contribution is 6.32. The summed E-state index contributed by atoms with van der Waals surface area (Å²) in [6, 6.07) is 22.1. The monoisotopic (exact) mass is 596 g/mol. The molecule has 5 rings (SSSR count). The van der Waals surface area contributed by atoms with E-state index in [1.54, 1.807) is 47.4 Å². The molecule has 0 spiro atoms. The van der Waals surface area contributed by atoms with Crippen molar-refractivity contribution in [1.82, 2.24) is 19.7 Å². The largest absolute Gasteiger partial charge is 0.508 e. The minimum Gasteiger partial charge on any atom is -0.508 e. The van der Waals surface area contributed by atoms with Crippen LogP contribution in [0.1, 0.15) is 86.4 Å². The zero-order valence-electron chi connectivity index (χ0n) is 26.1. The number of rotatable bonds is 3. The van der Waals surface area contributed by atoms with Gasteiger partial charge in [-0.3, -0.25) is 4.90 Å². The van der Waals surface area contributed by atoms with Crippen LogP contribution in [-0.2, 0) is 0 Å². The molecule has 1 saturated heterocycles. The molecule has 1 N–H and O–H groups in total. The van der Waals surface area contributed by atoms with Crippen LogP contribution in [-0.4, -0.2) is 42.9 Å². The normalized spacial score (nSPS) is 15.2. The zero-order valence-corrected chi connectivity index (χ0v) is 26.9. The predicted octanol–water partition coefficient (Wildman–Crippen LogP) is 7.98. The second-order valence-corrected chi connectivity index (χ2v) is 12.6. The van der Waals surface area contributed by atoms with Gasteiger partial charge in [0.2, 0.25) is 0 Å². The minimum absolute atomic E-state index is 0.150. The lowest BCUT2D eigenvalue weighted by Gasteiger charge is -2.50. The van der Waals surface area contributed by atoms with Crippen LogP contribution in [0.4, 0.5) is 0 Å². The van der Waals surface area contributed by atoms with Gasteiger partial charge in [-0.2, -0.15) is 15.6 Å². The fraction of sp³-hybridized carbons (Fsp3) is 0.371. The summed E-state index contributed by atoms with van der Waals surface area (Å²) in [6.45, 7) is 13.1. The zero-order chi connectivity index (χ0) is 31.8. The summed E-state index contributed by atoms with van der Waals surface area (Å²) < 4.78 is 1.75. The maximum Gasteiger partial charge on any atom is 0.137 e. The van der Waals surface area contributed by atoms with Gasteiger partial charge in [0.1, 0.15) is 24.4 Å². The maximum atomic E-state index is 9.06. The average molecular weight is 597 g/mol.